The number of piperidine rings is 1. The van der Waals surface area contributed by atoms with E-state index in [1.807, 2.05) is 43.9 Å². The van der Waals surface area contributed by atoms with Gasteiger partial charge in [0.05, 0.1) is 11.5 Å². The van der Waals surface area contributed by atoms with Crippen LogP contribution in [0.15, 0.2) is 24.5 Å². The van der Waals surface area contributed by atoms with Crippen molar-refractivity contribution >= 4 is 28.9 Å². The smallest absolute Gasteiger partial charge is 0.351 e. The molecule has 2 heterocycles. The van der Waals surface area contributed by atoms with Gasteiger partial charge in [-0.2, -0.15) is 0 Å². The van der Waals surface area contributed by atoms with Gasteiger partial charge in [-0.15, -0.1) is 0 Å². The third-order valence-corrected chi connectivity index (χ3v) is 5.38. The maximum Gasteiger partial charge on any atom is 0.353 e. The Morgan fingerprint density at radius 1 is 1.20 bits per heavy atom. The number of para-hydroxylation sites is 1. The number of carbonyl (C=O) groups is 1. The number of benzene rings is 1. The first-order valence-electron chi connectivity index (χ1n) is 10.3. The van der Waals surface area contributed by atoms with Gasteiger partial charge in [-0.05, 0) is 51.2 Å². The van der Waals surface area contributed by atoms with Crippen molar-refractivity contribution in [2.45, 2.75) is 40.0 Å². The van der Waals surface area contributed by atoms with Gasteiger partial charge in [0, 0.05) is 25.3 Å². The molecule has 0 saturated carbocycles. The van der Waals surface area contributed by atoms with Crippen molar-refractivity contribution in [3.05, 3.63) is 45.8 Å². The highest BCUT2D eigenvalue weighted by Crippen LogP contribution is 2.35. The van der Waals surface area contributed by atoms with Crippen molar-refractivity contribution in [1.82, 2.24) is 9.97 Å². The lowest BCUT2D eigenvalue weighted by Crippen LogP contribution is -2.35. The predicted octanol–water partition coefficient (Wildman–Crippen LogP) is 3.46. The number of aryl methyl sites for hydroxylation is 2. The van der Waals surface area contributed by atoms with E-state index in [2.05, 4.69) is 15.3 Å². The van der Waals surface area contributed by atoms with E-state index >= 15 is 0 Å². The van der Waals surface area contributed by atoms with E-state index in [-0.39, 0.29) is 24.0 Å². The van der Waals surface area contributed by atoms with E-state index in [4.69, 9.17) is 0 Å². The fraction of sp³-hybridized carbons (Fsp3) is 0.476. The first-order valence-corrected chi connectivity index (χ1v) is 10.3. The number of likely N-dealkylation sites (N-methyl/N-ethyl adjacent to an activating group) is 1. The third-order valence-electron chi connectivity index (χ3n) is 5.38. The Balaban J connectivity index is 1.87. The zero-order valence-electron chi connectivity index (χ0n) is 17.7. The Morgan fingerprint density at radius 2 is 1.87 bits per heavy atom. The standard InChI is InChI=1S/C21H28N6O3/c1-4-25(13-17(28)24-18-15(2)9-8-10-16(18)3)20-19(27(29)30)21(23-14-22-20)26-11-6-5-7-12-26/h8-10,14H,4-7,11-13H2,1-3H3,(H,24,28). The van der Waals surface area contributed by atoms with Gasteiger partial charge in [0.1, 0.15) is 6.33 Å². The van der Waals surface area contributed by atoms with Crippen LogP contribution in [0.2, 0.25) is 0 Å². The highest BCUT2D eigenvalue weighted by atomic mass is 16.6. The molecule has 1 amide bonds. The lowest BCUT2D eigenvalue weighted by atomic mass is 10.1. The number of carbonyl (C=O) groups excluding carboxylic acids is 1. The monoisotopic (exact) mass is 412 g/mol. The van der Waals surface area contributed by atoms with Crippen LogP contribution in [0.3, 0.4) is 0 Å². The Morgan fingerprint density at radius 3 is 2.47 bits per heavy atom. The number of anilines is 3. The fourth-order valence-electron chi connectivity index (χ4n) is 3.79. The summed E-state index contributed by atoms with van der Waals surface area (Å²) in [5.41, 5.74) is 2.56. The lowest BCUT2D eigenvalue weighted by molar-refractivity contribution is -0.383. The number of hydrogen-bond acceptors (Lipinski definition) is 7. The topological polar surface area (TPSA) is 104 Å². The van der Waals surface area contributed by atoms with Crippen LogP contribution in [-0.4, -0.2) is 47.0 Å². The highest BCUT2D eigenvalue weighted by Gasteiger charge is 2.31. The molecule has 1 fully saturated rings. The number of hydrogen-bond donors (Lipinski definition) is 1. The number of aromatic nitrogens is 2. The van der Waals surface area contributed by atoms with Crippen LogP contribution >= 0.6 is 0 Å². The van der Waals surface area contributed by atoms with Crippen LogP contribution in [0.4, 0.5) is 23.0 Å². The van der Waals surface area contributed by atoms with E-state index < -0.39 is 4.92 Å². The zero-order valence-corrected chi connectivity index (χ0v) is 17.7. The minimum Gasteiger partial charge on any atom is -0.351 e. The summed E-state index contributed by atoms with van der Waals surface area (Å²) in [5, 5.41) is 14.9. The molecule has 1 aromatic carbocycles. The van der Waals surface area contributed by atoms with Crippen LogP contribution < -0.4 is 15.1 Å². The van der Waals surface area contributed by atoms with Gasteiger partial charge in [-0.25, -0.2) is 9.97 Å². The Hall–Kier alpha value is -3.23. The van der Waals surface area contributed by atoms with Crippen LogP contribution in [-0.2, 0) is 4.79 Å². The zero-order chi connectivity index (χ0) is 21.7. The van der Waals surface area contributed by atoms with Crippen molar-refractivity contribution in [2.75, 3.05) is 41.3 Å². The molecule has 3 rings (SSSR count). The molecule has 0 radical (unpaired) electrons. The number of rotatable bonds is 7. The third kappa shape index (κ3) is 4.67. The summed E-state index contributed by atoms with van der Waals surface area (Å²) >= 11 is 0. The summed E-state index contributed by atoms with van der Waals surface area (Å²) < 4.78 is 0. The molecule has 1 N–H and O–H groups in total. The van der Waals surface area contributed by atoms with Crippen LogP contribution in [0, 0.1) is 24.0 Å². The maximum atomic E-state index is 12.8. The molecule has 9 heteroatoms. The number of nitrogens with zero attached hydrogens (tertiary/aromatic N) is 5. The predicted molar refractivity (Wildman–Crippen MR) is 117 cm³/mol. The lowest BCUT2D eigenvalue weighted by Gasteiger charge is -2.28. The molecule has 0 spiro atoms. The van der Waals surface area contributed by atoms with Gasteiger partial charge in [-0.1, -0.05) is 18.2 Å². The van der Waals surface area contributed by atoms with E-state index in [9.17, 15) is 14.9 Å². The molecule has 0 bridgehead atoms. The van der Waals surface area contributed by atoms with Gasteiger partial charge in [-0.3, -0.25) is 14.9 Å². The van der Waals surface area contributed by atoms with Crippen LogP contribution in [0.5, 0.6) is 0 Å². The number of nitrogens with one attached hydrogen (secondary N) is 1. The SMILES string of the molecule is CCN(CC(=O)Nc1c(C)cccc1C)c1ncnc(N2CCCCC2)c1[N+](=O)[O-]. The molecule has 2 aromatic rings. The van der Waals surface area contributed by atoms with E-state index in [1.165, 1.54) is 6.33 Å². The molecule has 0 atom stereocenters. The Labute approximate surface area is 176 Å². The summed E-state index contributed by atoms with van der Waals surface area (Å²) in [6, 6.07) is 5.80. The molecule has 1 aliphatic rings. The average Bonchev–Trinajstić information content (AvgIpc) is 2.74. The van der Waals surface area contributed by atoms with Gasteiger partial charge < -0.3 is 15.1 Å². The van der Waals surface area contributed by atoms with Crippen molar-refractivity contribution < 1.29 is 9.72 Å². The first kappa shape index (κ1) is 21.5. The van der Waals surface area contributed by atoms with Crippen LogP contribution in [0.1, 0.15) is 37.3 Å². The molecule has 0 aliphatic carbocycles. The van der Waals surface area contributed by atoms with Gasteiger partial charge in [0.15, 0.2) is 0 Å². The van der Waals surface area contributed by atoms with Crippen LogP contribution in [0.25, 0.3) is 0 Å². The molecule has 30 heavy (non-hydrogen) atoms. The number of nitro groups is 1. The summed E-state index contributed by atoms with van der Waals surface area (Å²) in [5.74, 6) is 0.259. The fourth-order valence-corrected chi connectivity index (χ4v) is 3.79. The van der Waals surface area contributed by atoms with E-state index in [0.29, 0.717) is 12.4 Å². The molecular formula is C21H28N6O3. The first-order chi connectivity index (χ1) is 14.4. The van der Waals surface area contributed by atoms with Gasteiger partial charge >= 0.3 is 5.69 Å². The Bertz CT molecular complexity index is 907. The second-order valence-electron chi connectivity index (χ2n) is 7.50. The minimum atomic E-state index is -0.439. The summed E-state index contributed by atoms with van der Waals surface area (Å²) in [6.07, 6.45) is 4.42. The minimum absolute atomic E-state index is 0.0401. The maximum absolute atomic E-state index is 12.8. The molecule has 1 aromatic heterocycles. The van der Waals surface area contributed by atoms with E-state index in [1.54, 1.807) is 4.90 Å². The van der Waals surface area contributed by atoms with Crippen molar-refractivity contribution in [3.8, 4) is 0 Å². The summed E-state index contributed by atoms with van der Waals surface area (Å²) in [6.45, 7) is 7.53. The number of amides is 1. The molecule has 160 valence electrons. The van der Waals surface area contributed by atoms with E-state index in [0.717, 1.165) is 49.2 Å². The second-order valence-corrected chi connectivity index (χ2v) is 7.50. The normalized spacial score (nSPS) is 13.8. The molecule has 0 unspecified atom stereocenters. The quantitative estimate of drug-likeness (QED) is 0.548. The largest absolute Gasteiger partial charge is 0.353 e. The molecule has 1 aliphatic heterocycles. The molecule has 1 saturated heterocycles. The van der Waals surface area contributed by atoms with Crippen molar-refractivity contribution in [1.29, 1.82) is 0 Å². The summed E-state index contributed by atoms with van der Waals surface area (Å²) in [4.78, 5) is 36.2. The van der Waals surface area contributed by atoms with Crippen molar-refractivity contribution in [3.63, 3.8) is 0 Å². The summed E-state index contributed by atoms with van der Waals surface area (Å²) in [7, 11) is 0. The Kier molecular flexibility index (Phi) is 6.81. The van der Waals surface area contributed by atoms with Crippen molar-refractivity contribution in [2.24, 2.45) is 0 Å². The average molecular weight is 412 g/mol. The van der Waals surface area contributed by atoms with Gasteiger partial charge in [0.25, 0.3) is 0 Å². The highest BCUT2D eigenvalue weighted by molar-refractivity contribution is 5.95. The molecular weight excluding hydrogens is 384 g/mol. The second kappa shape index (κ2) is 9.51. The van der Waals surface area contributed by atoms with Gasteiger partial charge in [0.2, 0.25) is 17.5 Å². The molecule has 9 nitrogen and oxygen atoms in total.